The Morgan fingerprint density at radius 3 is 2.39 bits per heavy atom. The molecule has 1 heterocycles. The number of ether oxygens (including phenoxy) is 1. The second-order valence-electron chi connectivity index (χ2n) is 8.83. The molecule has 0 radical (unpaired) electrons. The van der Waals surface area contributed by atoms with Crippen LogP contribution in [0.5, 0.6) is 5.75 Å². The van der Waals surface area contributed by atoms with Crippen molar-refractivity contribution in [3.63, 3.8) is 0 Å². The van der Waals surface area contributed by atoms with E-state index in [9.17, 15) is 22.8 Å². The molecular weight excluding hydrogens is 471 g/mol. The van der Waals surface area contributed by atoms with Gasteiger partial charge in [-0.15, -0.1) is 5.10 Å². The molecule has 1 N–H and O–H groups in total. The van der Waals surface area contributed by atoms with E-state index in [1.807, 2.05) is 24.3 Å². The molecule has 2 aromatic carbocycles. The Bertz CT molecular complexity index is 1220. The van der Waals surface area contributed by atoms with E-state index in [2.05, 4.69) is 15.5 Å². The van der Waals surface area contributed by atoms with Crippen molar-refractivity contribution in [2.24, 2.45) is 5.92 Å². The van der Waals surface area contributed by atoms with Crippen LogP contribution in [-0.2, 0) is 12.7 Å². The summed E-state index contributed by atoms with van der Waals surface area (Å²) in [7, 11) is 1.58. The SMILES string of the molecule is COc1cccc(CNC(=O)c2ccc(C3CCC(C(=O)c4ccccc4C(F)(F)F)CC3)nn2)c1. The van der Waals surface area contributed by atoms with Crippen LogP contribution in [0.4, 0.5) is 13.2 Å². The van der Waals surface area contributed by atoms with Gasteiger partial charge < -0.3 is 10.1 Å². The quantitative estimate of drug-likeness (QED) is 0.431. The molecule has 1 saturated carbocycles. The molecule has 9 heteroatoms. The Labute approximate surface area is 206 Å². The summed E-state index contributed by atoms with van der Waals surface area (Å²) < 4.78 is 45.1. The molecule has 1 aliphatic carbocycles. The molecule has 3 aromatic rings. The summed E-state index contributed by atoms with van der Waals surface area (Å²) in [5, 5.41) is 11.1. The van der Waals surface area contributed by atoms with Crippen molar-refractivity contribution in [2.75, 3.05) is 7.11 Å². The molecule has 0 atom stereocenters. The molecule has 36 heavy (non-hydrogen) atoms. The summed E-state index contributed by atoms with van der Waals surface area (Å²) in [6.07, 6.45) is -2.40. The monoisotopic (exact) mass is 497 g/mol. The van der Waals surface area contributed by atoms with Gasteiger partial charge in [0, 0.05) is 23.9 Å². The van der Waals surface area contributed by atoms with E-state index in [0.29, 0.717) is 43.7 Å². The fourth-order valence-corrected chi connectivity index (χ4v) is 4.55. The summed E-state index contributed by atoms with van der Waals surface area (Å²) >= 11 is 0. The van der Waals surface area contributed by atoms with E-state index < -0.39 is 23.4 Å². The number of benzene rings is 2. The average molecular weight is 498 g/mol. The minimum absolute atomic E-state index is 0.0355. The Morgan fingerprint density at radius 1 is 0.972 bits per heavy atom. The Hall–Kier alpha value is -3.75. The number of amides is 1. The van der Waals surface area contributed by atoms with Gasteiger partial charge in [0.2, 0.25) is 0 Å². The number of ketones is 1. The van der Waals surface area contributed by atoms with Gasteiger partial charge in [0.05, 0.1) is 18.4 Å². The summed E-state index contributed by atoms with van der Waals surface area (Å²) in [4.78, 5) is 25.3. The van der Waals surface area contributed by atoms with E-state index in [0.717, 1.165) is 11.6 Å². The number of methoxy groups -OCH3 is 1. The Balaban J connectivity index is 1.33. The number of halogens is 3. The van der Waals surface area contributed by atoms with Gasteiger partial charge in [-0.05, 0) is 61.6 Å². The molecule has 0 saturated heterocycles. The summed E-state index contributed by atoms with van der Waals surface area (Å²) in [5.41, 5.74) is 0.632. The van der Waals surface area contributed by atoms with Crippen LogP contribution in [0.25, 0.3) is 0 Å². The third-order valence-electron chi connectivity index (χ3n) is 6.52. The van der Waals surface area contributed by atoms with Gasteiger partial charge >= 0.3 is 6.18 Å². The fraction of sp³-hybridized carbons (Fsp3) is 0.333. The molecule has 6 nitrogen and oxygen atoms in total. The van der Waals surface area contributed by atoms with Crippen molar-refractivity contribution in [3.05, 3.63) is 88.7 Å². The smallest absolute Gasteiger partial charge is 0.417 e. The van der Waals surface area contributed by atoms with Crippen molar-refractivity contribution < 1.29 is 27.5 Å². The van der Waals surface area contributed by atoms with E-state index in [-0.39, 0.29) is 23.1 Å². The number of carbonyl (C=O) groups excluding carboxylic acids is 2. The van der Waals surface area contributed by atoms with E-state index in [4.69, 9.17) is 4.74 Å². The zero-order chi connectivity index (χ0) is 25.7. The maximum atomic E-state index is 13.3. The van der Waals surface area contributed by atoms with E-state index in [1.54, 1.807) is 19.2 Å². The molecule has 1 aliphatic rings. The molecule has 0 bridgehead atoms. The van der Waals surface area contributed by atoms with Crippen LogP contribution >= 0.6 is 0 Å². The number of Topliss-reactive ketones (excluding diaryl/α,β-unsaturated/α-hetero) is 1. The molecule has 188 valence electrons. The van der Waals surface area contributed by atoms with Crippen molar-refractivity contribution in [1.29, 1.82) is 0 Å². The molecule has 0 unspecified atom stereocenters. The van der Waals surface area contributed by atoms with Crippen LogP contribution in [0.3, 0.4) is 0 Å². The third-order valence-corrected chi connectivity index (χ3v) is 6.52. The van der Waals surface area contributed by atoms with Crippen LogP contribution < -0.4 is 10.1 Å². The number of nitrogens with zero attached hydrogens (tertiary/aromatic N) is 2. The topological polar surface area (TPSA) is 81.2 Å². The van der Waals surface area contributed by atoms with Crippen molar-refractivity contribution >= 4 is 11.7 Å². The molecule has 1 aromatic heterocycles. The first kappa shape index (κ1) is 25.3. The normalized spacial score (nSPS) is 17.9. The van der Waals surface area contributed by atoms with Crippen LogP contribution in [0.2, 0.25) is 0 Å². The number of hydrogen-bond acceptors (Lipinski definition) is 5. The third kappa shape index (κ3) is 5.90. The average Bonchev–Trinajstić information content (AvgIpc) is 2.91. The molecular formula is C27H26F3N3O3. The highest BCUT2D eigenvalue weighted by molar-refractivity contribution is 5.99. The summed E-state index contributed by atoms with van der Waals surface area (Å²) in [6.45, 7) is 0.314. The van der Waals surface area contributed by atoms with Crippen LogP contribution in [0.1, 0.15) is 69.3 Å². The summed E-state index contributed by atoms with van der Waals surface area (Å²) in [5.74, 6) is -0.537. The fourth-order valence-electron chi connectivity index (χ4n) is 4.55. The second kappa shape index (κ2) is 10.9. The number of alkyl halides is 3. The van der Waals surface area contributed by atoms with Crippen molar-refractivity contribution in [2.45, 2.75) is 44.3 Å². The van der Waals surface area contributed by atoms with Gasteiger partial charge in [-0.3, -0.25) is 9.59 Å². The number of nitrogens with one attached hydrogen (secondary N) is 1. The zero-order valence-electron chi connectivity index (χ0n) is 19.7. The van der Waals surface area contributed by atoms with Gasteiger partial charge in [0.1, 0.15) is 5.75 Å². The molecule has 1 fully saturated rings. The first-order chi connectivity index (χ1) is 17.3. The predicted molar refractivity (Wildman–Crippen MR) is 127 cm³/mol. The van der Waals surface area contributed by atoms with Gasteiger partial charge in [-0.25, -0.2) is 0 Å². The lowest BCUT2D eigenvalue weighted by Gasteiger charge is -2.27. The van der Waals surface area contributed by atoms with Gasteiger partial charge in [-0.1, -0.05) is 30.3 Å². The standard InChI is InChI=1S/C27H26F3N3O3/c1-36-20-6-4-5-17(15-20)16-31-26(35)24-14-13-23(32-33-24)18-9-11-19(12-10-18)25(34)21-7-2-3-8-22(21)27(28,29)30/h2-8,13-15,18-19H,9-12,16H2,1H3,(H,31,35). The lowest BCUT2D eigenvalue weighted by Crippen LogP contribution is -2.25. The van der Waals surface area contributed by atoms with Crippen LogP contribution in [0, 0.1) is 5.92 Å². The lowest BCUT2D eigenvalue weighted by atomic mass is 9.77. The first-order valence-electron chi connectivity index (χ1n) is 11.7. The van der Waals surface area contributed by atoms with Crippen molar-refractivity contribution in [3.8, 4) is 5.75 Å². The highest BCUT2D eigenvalue weighted by atomic mass is 19.4. The predicted octanol–water partition coefficient (Wildman–Crippen LogP) is 5.59. The highest BCUT2D eigenvalue weighted by Gasteiger charge is 2.37. The van der Waals surface area contributed by atoms with Crippen molar-refractivity contribution in [1.82, 2.24) is 15.5 Å². The van der Waals surface area contributed by atoms with Gasteiger partial charge in [0.15, 0.2) is 11.5 Å². The summed E-state index contributed by atoms with van der Waals surface area (Å²) in [6, 6.07) is 15.7. The highest BCUT2D eigenvalue weighted by Crippen LogP contribution is 2.38. The number of carbonyl (C=O) groups is 2. The van der Waals surface area contributed by atoms with E-state index in [1.165, 1.54) is 18.2 Å². The molecule has 1 amide bonds. The minimum atomic E-state index is -4.57. The van der Waals surface area contributed by atoms with Gasteiger partial charge in [-0.2, -0.15) is 18.3 Å². The first-order valence-corrected chi connectivity index (χ1v) is 11.7. The zero-order valence-corrected chi connectivity index (χ0v) is 19.7. The second-order valence-corrected chi connectivity index (χ2v) is 8.83. The maximum absolute atomic E-state index is 13.3. The maximum Gasteiger partial charge on any atom is 0.417 e. The molecule has 0 spiro atoms. The Morgan fingerprint density at radius 2 is 1.72 bits per heavy atom. The minimum Gasteiger partial charge on any atom is -0.497 e. The van der Waals surface area contributed by atoms with Crippen LogP contribution in [0.15, 0.2) is 60.7 Å². The number of aromatic nitrogens is 2. The largest absolute Gasteiger partial charge is 0.497 e. The Kier molecular flexibility index (Phi) is 7.67. The molecule has 4 rings (SSSR count). The lowest BCUT2D eigenvalue weighted by molar-refractivity contribution is -0.138. The van der Waals surface area contributed by atoms with Crippen LogP contribution in [-0.4, -0.2) is 29.0 Å². The van der Waals surface area contributed by atoms with Gasteiger partial charge in [0.25, 0.3) is 5.91 Å². The number of hydrogen-bond donors (Lipinski definition) is 1. The number of rotatable bonds is 7. The molecule has 0 aliphatic heterocycles. The van der Waals surface area contributed by atoms with E-state index >= 15 is 0 Å².